The van der Waals surface area contributed by atoms with Crippen LogP contribution in [0.4, 0.5) is 0 Å². The molecule has 762 valence electrons. The van der Waals surface area contributed by atoms with Crippen molar-refractivity contribution < 1.29 is 0 Å². The summed E-state index contributed by atoms with van der Waals surface area (Å²) in [6.07, 6.45) is 23.8. The molecule has 126 heavy (non-hydrogen) atoms. The average Bonchev–Trinajstić information content (AvgIpc) is 0.805. The van der Waals surface area contributed by atoms with Crippen LogP contribution in [-0.2, 0) is 0 Å². The third-order valence-corrected chi connectivity index (χ3v) is 28.4. The van der Waals surface area contributed by atoms with Crippen molar-refractivity contribution in [3.05, 3.63) is 0 Å². The quantitative estimate of drug-likeness (QED) is 0.0543. The van der Waals surface area contributed by atoms with Gasteiger partial charge in [0, 0.05) is 274 Å². The van der Waals surface area contributed by atoms with E-state index in [0.29, 0.717) is 145 Å². The lowest BCUT2D eigenvalue weighted by atomic mass is 9.85. The van der Waals surface area contributed by atoms with E-state index < -0.39 is 0 Å². The molecule has 2 aliphatic carbocycles. The molecule has 0 spiro atoms. The first-order chi connectivity index (χ1) is 58.5. The van der Waals surface area contributed by atoms with Crippen LogP contribution < -0.4 is 0 Å². The summed E-state index contributed by atoms with van der Waals surface area (Å²) in [5, 5.41) is 0. The molecule has 2 aliphatic rings. The molecule has 0 bridgehead atoms. The summed E-state index contributed by atoms with van der Waals surface area (Å²) in [4.78, 5) is 40.2. The molecular weight excluding hydrogens is 1540 g/mol. The molecule has 0 radical (unpaired) electrons. The SMILES string of the molecule is CC(C)N(C(C)C)[C@@H]1CCCC[C@@H]1N(C(C)C)C(C)C.CC(C)N(C(C)C)[C@@H]1CCCC[C@H]1N(C(C)C)C(C)C.CC(C)N(CCN(C(C)C)C(C)C)CCN(C(C)C)C(C)C.CC(C)N(CCN(CCN(C(C)C)C(C)C)C(C)C)CCN(CCN(C(C)C)C(C)C)C(C)C.CCCCCCCCCCCN(CCN(C(C)C)C(C)C)CCN(C(C)C)C(C)C. The maximum Gasteiger partial charge on any atom is 0.0257 e. The van der Waals surface area contributed by atoms with Crippen molar-refractivity contribution in [3.8, 4) is 0 Å². The molecule has 2 saturated carbocycles. The van der Waals surface area contributed by atoms with Crippen molar-refractivity contribution in [2.75, 3.05) is 111 Å². The van der Waals surface area contributed by atoms with Crippen molar-refractivity contribution in [1.29, 1.82) is 0 Å². The summed E-state index contributed by atoms with van der Waals surface area (Å²) in [5.41, 5.74) is 0. The summed E-state index contributed by atoms with van der Waals surface area (Å²) in [6.45, 7) is 134. The molecule has 2 rings (SSSR count). The van der Waals surface area contributed by atoms with E-state index >= 15 is 0 Å². The second-order valence-electron chi connectivity index (χ2n) is 46.1. The number of hydrogen-bond acceptors (Lipinski definition) is 15. The molecule has 0 saturated heterocycles. The molecular formula is C111H243N15. The molecule has 0 amide bonds. The lowest BCUT2D eigenvalue weighted by Crippen LogP contribution is -2.60. The Morgan fingerprint density at radius 1 is 0.151 bits per heavy atom. The zero-order chi connectivity index (χ0) is 97.9. The fourth-order valence-corrected chi connectivity index (χ4v) is 22.2. The number of unbranched alkanes of at least 4 members (excludes halogenated alkanes) is 8. The van der Waals surface area contributed by atoms with Crippen LogP contribution in [0.2, 0.25) is 0 Å². The fraction of sp³-hybridized carbons (Fsp3) is 1.00. The van der Waals surface area contributed by atoms with Gasteiger partial charge in [-0.2, -0.15) is 0 Å². The van der Waals surface area contributed by atoms with Gasteiger partial charge in [-0.25, -0.2) is 0 Å². The smallest absolute Gasteiger partial charge is 0.0257 e. The van der Waals surface area contributed by atoms with Crippen molar-refractivity contribution in [1.82, 2.24) is 73.5 Å². The van der Waals surface area contributed by atoms with E-state index in [1.165, 1.54) is 142 Å². The maximum atomic E-state index is 2.77. The second kappa shape index (κ2) is 71.8. The van der Waals surface area contributed by atoms with Crippen LogP contribution in [0.25, 0.3) is 0 Å². The zero-order valence-corrected chi connectivity index (χ0v) is 95.9. The molecule has 2 fully saturated rings. The van der Waals surface area contributed by atoms with Crippen molar-refractivity contribution in [2.24, 2.45) is 0 Å². The van der Waals surface area contributed by atoms with E-state index in [0.717, 1.165) is 103 Å². The summed E-state index contributed by atoms with van der Waals surface area (Å²) in [6, 6.07) is 17.8. The van der Waals surface area contributed by atoms with Gasteiger partial charge in [-0.05, 0) is 371 Å². The molecule has 0 unspecified atom stereocenters. The van der Waals surface area contributed by atoms with Crippen LogP contribution in [0.1, 0.15) is 448 Å². The molecule has 0 aromatic carbocycles. The van der Waals surface area contributed by atoms with Crippen LogP contribution in [-0.4, -0.2) is 354 Å². The summed E-state index contributed by atoms with van der Waals surface area (Å²) in [5.74, 6) is 0. The number of nitrogens with zero attached hydrogens (tertiary/aromatic N) is 15. The van der Waals surface area contributed by atoms with Gasteiger partial charge in [0.05, 0.1) is 0 Å². The fourth-order valence-electron chi connectivity index (χ4n) is 22.2. The van der Waals surface area contributed by atoms with E-state index in [1.807, 2.05) is 0 Å². The van der Waals surface area contributed by atoms with Crippen LogP contribution in [0.15, 0.2) is 0 Å². The molecule has 15 heteroatoms. The van der Waals surface area contributed by atoms with Gasteiger partial charge in [-0.3, -0.25) is 68.6 Å². The van der Waals surface area contributed by atoms with E-state index in [-0.39, 0.29) is 0 Å². The molecule has 0 aromatic rings. The predicted molar refractivity (Wildman–Crippen MR) is 573 cm³/mol. The highest BCUT2D eigenvalue weighted by molar-refractivity contribution is 4.97. The Balaban J connectivity index is -0.00000153. The highest BCUT2D eigenvalue weighted by Gasteiger charge is 2.40. The van der Waals surface area contributed by atoms with Crippen molar-refractivity contribution >= 4 is 0 Å². The Bertz CT molecular complexity index is 2130. The topological polar surface area (TPSA) is 48.6 Å². The Hall–Kier alpha value is -0.600. The van der Waals surface area contributed by atoms with Crippen LogP contribution in [0.3, 0.4) is 0 Å². The largest absolute Gasteiger partial charge is 0.301 e. The van der Waals surface area contributed by atoms with E-state index in [1.54, 1.807) is 0 Å². The normalized spacial score (nSPS) is 17.0. The van der Waals surface area contributed by atoms with Crippen molar-refractivity contribution in [2.45, 2.75) is 618 Å². The van der Waals surface area contributed by atoms with Gasteiger partial charge in [-0.15, -0.1) is 0 Å². The lowest BCUT2D eigenvalue weighted by molar-refractivity contribution is -0.0130. The zero-order valence-electron chi connectivity index (χ0n) is 95.9. The minimum Gasteiger partial charge on any atom is -0.301 e. The van der Waals surface area contributed by atoms with E-state index in [9.17, 15) is 0 Å². The van der Waals surface area contributed by atoms with Gasteiger partial charge in [0.2, 0.25) is 0 Å². The Morgan fingerprint density at radius 3 is 0.437 bits per heavy atom. The molecule has 4 atom stereocenters. The Morgan fingerprint density at radius 2 is 0.294 bits per heavy atom. The minimum atomic E-state index is 0.577. The highest BCUT2D eigenvalue weighted by Crippen LogP contribution is 2.34. The van der Waals surface area contributed by atoms with Crippen LogP contribution in [0, 0.1) is 0 Å². The number of hydrogen-bond donors (Lipinski definition) is 0. The molecule has 0 aliphatic heterocycles. The Labute approximate surface area is 797 Å². The van der Waals surface area contributed by atoms with Gasteiger partial charge in [0.25, 0.3) is 0 Å². The van der Waals surface area contributed by atoms with Crippen molar-refractivity contribution in [3.63, 3.8) is 0 Å². The summed E-state index contributed by atoms with van der Waals surface area (Å²) >= 11 is 0. The predicted octanol–water partition coefficient (Wildman–Crippen LogP) is 25.4. The maximum absolute atomic E-state index is 2.77. The van der Waals surface area contributed by atoms with Gasteiger partial charge >= 0.3 is 0 Å². The first-order valence-corrected chi connectivity index (χ1v) is 54.8. The van der Waals surface area contributed by atoms with Crippen LogP contribution in [0.5, 0.6) is 0 Å². The van der Waals surface area contributed by atoms with Gasteiger partial charge in [0.1, 0.15) is 0 Å². The summed E-state index contributed by atoms with van der Waals surface area (Å²) in [7, 11) is 0. The first-order valence-electron chi connectivity index (χ1n) is 54.8. The highest BCUT2D eigenvalue weighted by atomic mass is 15.3. The second-order valence-corrected chi connectivity index (χ2v) is 46.1. The molecule has 15 nitrogen and oxygen atoms in total. The Kier molecular flexibility index (Phi) is 73.8. The minimum absolute atomic E-state index is 0.577. The van der Waals surface area contributed by atoms with E-state index in [4.69, 9.17) is 0 Å². The number of rotatable bonds is 62. The monoisotopic (exact) mass is 1790 g/mol. The van der Waals surface area contributed by atoms with Gasteiger partial charge < -0.3 is 4.90 Å². The average molecular weight is 1790 g/mol. The summed E-state index contributed by atoms with van der Waals surface area (Å²) < 4.78 is 0. The third-order valence-electron chi connectivity index (χ3n) is 28.4. The first kappa shape index (κ1) is 130. The molecule has 0 aromatic heterocycles. The lowest BCUT2D eigenvalue weighted by Gasteiger charge is -2.50. The molecule has 0 heterocycles. The molecule has 0 N–H and O–H groups in total. The standard InChI is InChI=1S/C29H65N5.C27H59N3.C19H43N3.2C18H38N2/c1-23(2)30(15-17-31(24(3)4)19-21-33(26(7)8)27(9)10)16-18-32(25(5)6)20-22-34(28(11)12)29(13)14;1-10-11-12-13-14-15-16-17-18-19-28(20-22-29(24(2)3)25(4)5)21-23-30(26(6)7)27(8)9;1-15(2)20(11-13-21(16(3)4)17(5)6)12-14-22(18(7)8)19(9)10;2*1-13(2)19(14(3)4)17-11-9-10-12-18(17)20(15(5)6)16(7)8/h23-29H,15-22H2,1-14H3;24-27H,10-23H2,1-9H3;15-19H,11-14H2,1-10H3;2*13-18H,9-12H2,1-8H3/t;;;17-,18+;17-,18-/m....1/s1. The van der Waals surface area contributed by atoms with E-state index in [2.05, 4.69) is 413 Å². The van der Waals surface area contributed by atoms with Gasteiger partial charge in [0.15, 0.2) is 0 Å². The van der Waals surface area contributed by atoms with Crippen LogP contribution >= 0.6 is 0 Å². The third kappa shape index (κ3) is 54.4. The van der Waals surface area contributed by atoms with Gasteiger partial charge in [-0.1, -0.05) is 84.0 Å².